The van der Waals surface area contributed by atoms with Crippen LogP contribution in [0.15, 0.2) is 0 Å². The Morgan fingerprint density at radius 2 is 1.44 bits per heavy atom. The fraction of sp³-hybridized carbons (Fsp3) is 0.929. The van der Waals surface area contributed by atoms with Crippen LogP contribution in [0.3, 0.4) is 0 Å². The summed E-state index contributed by atoms with van der Waals surface area (Å²) in [7, 11) is 1.51. The maximum atomic E-state index is 11.4. The Morgan fingerprint density at radius 1 is 0.875 bits per heavy atom. The summed E-state index contributed by atoms with van der Waals surface area (Å²) in [6, 6.07) is 0. The second-order valence-corrected chi connectivity index (χ2v) is 5.53. The van der Waals surface area contributed by atoms with Crippen molar-refractivity contribution < 1.29 is 9.53 Å². The summed E-state index contributed by atoms with van der Waals surface area (Å²) in [5.41, 5.74) is 0. The predicted molar refractivity (Wildman–Crippen MR) is 64.0 cm³/mol. The molecule has 0 heterocycles. The molecule has 0 N–H and O–H groups in total. The first-order valence-corrected chi connectivity index (χ1v) is 6.89. The molecule has 0 unspecified atom stereocenters. The summed E-state index contributed by atoms with van der Waals surface area (Å²) in [6.45, 7) is 0. The van der Waals surface area contributed by atoms with Gasteiger partial charge in [0.1, 0.15) is 0 Å². The smallest absolute Gasteiger partial charge is 0.308 e. The van der Waals surface area contributed by atoms with Gasteiger partial charge in [-0.2, -0.15) is 0 Å². The van der Waals surface area contributed by atoms with Gasteiger partial charge in [0.2, 0.25) is 0 Å². The van der Waals surface area contributed by atoms with Crippen molar-refractivity contribution in [2.75, 3.05) is 7.11 Å². The Bertz CT molecular complexity index is 223. The van der Waals surface area contributed by atoms with Crippen LogP contribution >= 0.6 is 0 Å². The van der Waals surface area contributed by atoms with Gasteiger partial charge in [-0.1, -0.05) is 32.1 Å². The normalized spacial score (nSPS) is 32.3. The van der Waals surface area contributed by atoms with Crippen molar-refractivity contribution in [1.82, 2.24) is 0 Å². The van der Waals surface area contributed by atoms with E-state index in [0.717, 1.165) is 24.7 Å². The van der Waals surface area contributed by atoms with Crippen LogP contribution in [0.5, 0.6) is 0 Å². The molecule has 0 atom stereocenters. The van der Waals surface area contributed by atoms with Crippen LogP contribution in [0.1, 0.15) is 57.8 Å². The summed E-state index contributed by atoms with van der Waals surface area (Å²) in [5, 5.41) is 0. The number of carbonyl (C=O) groups is 1. The van der Waals surface area contributed by atoms with Gasteiger partial charge in [0.15, 0.2) is 0 Å². The Kier molecular flexibility index (Phi) is 4.25. The van der Waals surface area contributed by atoms with Gasteiger partial charge >= 0.3 is 5.97 Å². The molecule has 16 heavy (non-hydrogen) atoms. The average molecular weight is 224 g/mol. The van der Waals surface area contributed by atoms with Gasteiger partial charge in [-0.25, -0.2) is 0 Å². The van der Waals surface area contributed by atoms with Gasteiger partial charge in [-0.15, -0.1) is 0 Å². The average Bonchev–Trinajstić information content (AvgIpc) is 2.39. The zero-order valence-electron chi connectivity index (χ0n) is 10.4. The lowest BCUT2D eigenvalue weighted by Gasteiger charge is -2.35. The number of rotatable bonds is 2. The molecule has 2 heteroatoms. The summed E-state index contributed by atoms with van der Waals surface area (Å²) in [5.74, 6) is 2.08. The van der Waals surface area contributed by atoms with E-state index in [0.29, 0.717) is 0 Å². The van der Waals surface area contributed by atoms with Crippen LogP contribution in [0.4, 0.5) is 0 Å². The van der Waals surface area contributed by atoms with E-state index in [1.54, 1.807) is 0 Å². The van der Waals surface area contributed by atoms with E-state index in [1.165, 1.54) is 52.1 Å². The van der Waals surface area contributed by atoms with Crippen molar-refractivity contribution in [3.8, 4) is 0 Å². The highest BCUT2D eigenvalue weighted by molar-refractivity contribution is 5.72. The number of ether oxygens (including phenoxy) is 1. The predicted octanol–water partition coefficient (Wildman–Crippen LogP) is 3.55. The molecule has 0 aromatic rings. The highest BCUT2D eigenvalue weighted by Gasteiger charge is 2.31. The molecule has 2 aliphatic rings. The standard InChI is InChI=1S/C14H24O2/c1-16-14(15)13-9-7-12(8-10-13)11-5-3-2-4-6-11/h11-13H,2-10H2,1H3. The first-order chi connectivity index (χ1) is 7.81. The Hall–Kier alpha value is -0.530. The van der Waals surface area contributed by atoms with Crippen molar-refractivity contribution in [3.05, 3.63) is 0 Å². The second kappa shape index (κ2) is 5.70. The van der Waals surface area contributed by atoms with E-state index < -0.39 is 0 Å². The summed E-state index contributed by atoms with van der Waals surface area (Å²) in [6.07, 6.45) is 11.8. The lowest BCUT2D eigenvalue weighted by molar-refractivity contribution is -0.147. The maximum absolute atomic E-state index is 11.4. The lowest BCUT2D eigenvalue weighted by Crippen LogP contribution is -2.27. The minimum Gasteiger partial charge on any atom is -0.469 e. The van der Waals surface area contributed by atoms with Crippen molar-refractivity contribution in [3.63, 3.8) is 0 Å². The van der Waals surface area contributed by atoms with Gasteiger partial charge in [-0.05, 0) is 37.5 Å². The van der Waals surface area contributed by atoms with E-state index in [4.69, 9.17) is 4.74 Å². The highest BCUT2D eigenvalue weighted by atomic mass is 16.5. The van der Waals surface area contributed by atoms with Gasteiger partial charge in [-0.3, -0.25) is 4.79 Å². The van der Waals surface area contributed by atoms with Gasteiger partial charge in [0.05, 0.1) is 13.0 Å². The van der Waals surface area contributed by atoms with Gasteiger partial charge in [0, 0.05) is 0 Å². The van der Waals surface area contributed by atoms with Crippen LogP contribution < -0.4 is 0 Å². The molecular formula is C14H24O2. The molecule has 2 aliphatic carbocycles. The number of carbonyl (C=O) groups excluding carboxylic acids is 1. The van der Waals surface area contributed by atoms with Crippen LogP contribution in [0.2, 0.25) is 0 Å². The molecule has 0 spiro atoms. The molecule has 2 rings (SSSR count). The molecule has 2 saturated carbocycles. The molecule has 0 bridgehead atoms. The van der Waals surface area contributed by atoms with E-state index in [9.17, 15) is 4.79 Å². The fourth-order valence-electron chi connectivity index (χ4n) is 3.60. The van der Waals surface area contributed by atoms with E-state index in [2.05, 4.69) is 0 Å². The van der Waals surface area contributed by atoms with Crippen molar-refractivity contribution in [1.29, 1.82) is 0 Å². The third-order valence-electron chi connectivity index (χ3n) is 4.62. The third kappa shape index (κ3) is 2.78. The van der Waals surface area contributed by atoms with E-state index in [1.807, 2.05) is 0 Å². The monoisotopic (exact) mass is 224 g/mol. The quantitative estimate of drug-likeness (QED) is 0.670. The van der Waals surface area contributed by atoms with Crippen LogP contribution in [0.25, 0.3) is 0 Å². The molecule has 0 saturated heterocycles. The fourth-order valence-corrected chi connectivity index (χ4v) is 3.60. The largest absolute Gasteiger partial charge is 0.469 e. The number of hydrogen-bond acceptors (Lipinski definition) is 2. The van der Waals surface area contributed by atoms with E-state index >= 15 is 0 Å². The molecule has 0 amide bonds. The van der Waals surface area contributed by atoms with Crippen molar-refractivity contribution in [2.45, 2.75) is 57.8 Å². The number of methoxy groups -OCH3 is 1. The van der Waals surface area contributed by atoms with Crippen molar-refractivity contribution >= 4 is 5.97 Å². The minimum atomic E-state index is 0.0158. The van der Waals surface area contributed by atoms with Crippen LogP contribution in [-0.2, 0) is 9.53 Å². The van der Waals surface area contributed by atoms with Crippen LogP contribution in [0, 0.1) is 17.8 Å². The Labute approximate surface area is 98.7 Å². The number of hydrogen-bond donors (Lipinski definition) is 0. The zero-order valence-corrected chi connectivity index (χ0v) is 10.4. The van der Waals surface area contributed by atoms with E-state index in [-0.39, 0.29) is 11.9 Å². The third-order valence-corrected chi connectivity index (χ3v) is 4.62. The summed E-state index contributed by atoms with van der Waals surface area (Å²) >= 11 is 0. The molecular weight excluding hydrogens is 200 g/mol. The molecule has 0 aliphatic heterocycles. The van der Waals surface area contributed by atoms with Gasteiger partial charge < -0.3 is 4.74 Å². The maximum Gasteiger partial charge on any atom is 0.308 e. The molecule has 0 aromatic heterocycles. The topological polar surface area (TPSA) is 26.3 Å². The van der Waals surface area contributed by atoms with Crippen molar-refractivity contribution in [2.24, 2.45) is 17.8 Å². The summed E-state index contributed by atoms with van der Waals surface area (Å²) in [4.78, 5) is 11.4. The summed E-state index contributed by atoms with van der Waals surface area (Å²) < 4.78 is 4.83. The van der Waals surface area contributed by atoms with Gasteiger partial charge in [0.25, 0.3) is 0 Å². The molecule has 0 aromatic carbocycles. The molecule has 2 fully saturated rings. The first-order valence-electron chi connectivity index (χ1n) is 6.89. The minimum absolute atomic E-state index is 0.0158. The second-order valence-electron chi connectivity index (χ2n) is 5.53. The SMILES string of the molecule is COC(=O)C1CCC(C2CCCCC2)CC1. The Balaban J connectivity index is 1.78. The number of esters is 1. The first kappa shape index (κ1) is 11.9. The zero-order chi connectivity index (χ0) is 11.4. The molecule has 0 radical (unpaired) electrons. The molecule has 92 valence electrons. The Morgan fingerprint density at radius 3 is 2.00 bits per heavy atom. The highest BCUT2D eigenvalue weighted by Crippen LogP contribution is 2.40. The van der Waals surface area contributed by atoms with Crippen LogP contribution in [-0.4, -0.2) is 13.1 Å². The lowest BCUT2D eigenvalue weighted by atomic mass is 9.71. The molecule has 2 nitrogen and oxygen atoms in total.